The van der Waals surface area contributed by atoms with Crippen molar-refractivity contribution in [1.82, 2.24) is 9.29 Å². The van der Waals surface area contributed by atoms with E-state index in [1.165, 1.54) is 28.6 Å². The highest BCUT2D eigenvalue weighted by atomic mass is 32.2. The molecule has 1 amide bonds. The maximum atomic E-state index is 12.8. The SMILES string of the molecule is O=C(COC(=O)c1ccc(S(=O)(=O)N2CCCCCC2)cc1)Nc1ncc([N+](=O)[O-])s1. The summed E-state index contributed by atoms with van der Waals surface area (Å²) in [6.07, 6.45) is 4.65. The second-order valence-electron chi connectivity index (χ2n) is 6.73. The highest BCUT2D eigenvalue weighted by Gasteiger charge is 2.25. The van der Waals surface area contributed by atoms with Crippen LogP contribution in [0.1, 0.15) is 36.0 Å². The number of ether oxygens (including phenoxy) is 1. The molecular formula is C18H20N4O7S2. The number of nitrogens with zero attached hydrogens (tertiary/aromatic N) is 3. The molecule has 13 heteroatoms. The van der Waals surface area contributed by atoms with Crippen molar-refractivity contribution in [2.45, 2.75) is 30.6 Å². The molecule has 11 nitrogen and oxygen atoms in total. The van der Waals surface area contributed by atoms with Gasteiger partial charge in [-0.15, -0.1) is 0 Å². The van der Waals surface area contributed by atoms with E-state index in [0.717, 1.165) is 31.9 Å². The average molecular weight is 469 g/mol. The predicted octanol–water partition coefficient (Wildman–Crippen LogP) is 2.41. The molecule has 1 aromatic heterocycles. The van der Waals surface area contributed by atoms with E-state index in [2.05, 4.69) is 10.3 Å². The van der Waals surface area contributed by atoms with Crippen molar-refractivity contribution < 1.29 is 27.7 Å². The second-order valence-corrected chi connectivity index (χ2v) is 9.67. The summed E-state index contributed by atoms with van der Waals surface area (Å²) in [4.78, 5) is 37.7. The molecule has 0 bridgehead atoms. The van der Waals surface area contributed by atoms with Gasteiger partial charge >= 0.3 is 11.0 Å². The quantitative estimate of drug-likeness (QED) is 0.370. The molecule has 0 radical (unpaired) electrons. The molecule has 0 aliphatic carbocycles. The van der Waals surface area contributed by atoms with Crippen molar-refractivity contribution in [3.8, 4) is 0 Å². The van der Waals surface area contributed by atoms with Crippen molar-refractivity contribution in [3.05, 3.63) is 46.1 Å². The lowest BCUT2D eigenvalue weighted by molar-refractivity contribution is -0.380. The fraction of sp³-hybridized carbons (Fsp3) is 0.389. The van der Waals surface area contributed by atoms with Crippen LogP contribution in [0.2, 0.25) is 0 Å². The first-order valence-electron chi connectivity index (χ1n) is 9.45. The lowest BCUT2D eigenvalue weighted by atomic mass is 10.2. The van der Waals surface area contributed by atoms with Crippen LogP contribution in [0.25, 0.3) is 0 Å². The van der Waals surface area contributed by atoms with E-state index >= 15 is 0 Å². The summed E-state index contributed by atoms with van der Waals surface area (Å²) in [7, 11) is -3.63. The fourth-order valence-corrected chi connectivity index (χ4v) is 5.14. The molecule has 1 saturated heterocycles. The van der Waals surface area contributed by atoms with E-state index in [1.807, 2.05) is 0 Å². The van der Waals surface area contributed by atoms with Crippen molar-refractivity contribution in [1.29, 1.82) is 0 Å². The van der Waals surface area contributed by atoms with Gasteiger partial charge < -0.3 is 4.74 Å². The van der Waals surface area contributed by atoms with E-state index in [0.29, 0.717) is 24.4 Å². The van der Waals surface area contributed by atoms with Crippen LogP contribution >= 0.6 is 11.3 Å². The molecule has 3 rings (SSSR count). The molecule has 0 atom stereocenters. The van der Waals surface area contributed by atoms with Gasteiger partial charge in [-0.2, -0.15) is 4.31 Å². The number of hydrogen-bond donors (Lipinski definition) is 1. The van der Waals surface area contributed by atoms with Crippen LogP contribution in [0.4, 0.5) is 10.1 Å². The second kappa shape index (κ2) is 9.94. The summed E-state index contributed by atoms with van der Waals surface area (Å²) in [5, 5.41) is 12.7. The van der Waals surface area contributed by atoms with Gasteiger partial charge in [-0.1, -0.05) is 12.8 Å². The van der Waals surface area contributed by atoms with Gasteiger partial charge in [-0.05, 0) is 48.4 Å². The highest BCUT2D eigenvalue weighted by molar-refractivity contribution is 7.89. The summed E-state index contributed by atoms with van der Waals surface area (Å²) in [5.74, 6) is -1.52. The van der Waals surface area contributed by atoms with Crippen LogP contribution in [0, 0.1) is 10.1 Å². The number of thiazole rings is 1. The summed E-state index contributed by atoms with van der Waals surface area (Å²) in [5.41, 5.74) is 0.0903. The molecular weight excluding hydrogens is 448 g/mol. The van der Waals surface area contributed by atoms with Gasteiger partial charge in [0.25, 0.3) is 5.91 Å². The molecule has 1 aliphatic heterocycles. The van der Waals surface area contributed by atoms with Gasteiger partial charge in [0.05, 0.1) is 15.4 Å². The standard InChI is InChI=1S/C18H20N4O7S2/c23-15(20-18-19-11-16(30-18)22(25)26)12-29-17(24)13-5-7-14(8-6-13)31(27,28)21-9-3-1-2-4-10-21/h5-8,11H,1-4,9-10,12H2,(H,19,20,23). The number of hydrogen-bond acceptors (Lipinski definition) is 9. The summed E-state index contributed by atoms with van der Waals surface area (Å²) < 4.78 is 31.9. The number of anilines is 1. The Balaban J connectivity index is 1.55. The maximum Gasteiger partial charge on any atom is 0.345 e. The zero-order valence-electron chi connectivity index (χ0n) is 16.4. The van der Waals surface area contributed by atoms with E-state index < -0.39 is 33.4 Å². The topological polar surface area (TPSA) is 149 Å². The fourth-order valence-electron chi connectivity index (χ4n) is 2.97. The first kappa shape index (κ1) is 22.8. The average Bonchev–Trinajstić information content (AvgIpc) is 3.04. The minimum atomic E-state index is -3.63. The van der Waals surface area contributed by atoms with Crippen molar-refractivity contribution in [3.63, 3.8) is 0 Å². The number of esters is 1. The van der Waals surface area contributed by atoms with Gasteiger partial charge in [0, 0.05) is 13.1 Å². The molecule has 1 fully saturated rings. The molecule has 1 aromatic carbocycles. The molecule has 2 heterocycles. The number of nitro groups is 1. The molecule has 0 unspecified atom stereocenters. The molecule has 1 aliphatic rings. The normalized spacial score (nSPS) is 15.1. The first-order valence-corrected chi connectivity index (χ1v) is 11.7. The smallest absolute Gasteiger partial charge is 0.345 e. The third kappa shape index (κ3) is 5.83. The van der Waals surface area contributed by atoms with Gasteiger partial charge in [0.2, 0.25) is 10.0 Å². The van der Waals surface area contributed by atoms with Crippen LogP contribution in [-0.2, 0) is 19.6 Å². The number of sulfonamides is 1. The zero-order valence-corrected chi connectivity index (χ0v) is 18.0. The number of nitrogens with one attached hydrogen (secondary N) is 1. The monoisotopic (exact) mass is 468 g/mol. The van der Waals surface area contributed by atoms with Crippen LogP contribution in [-0.4, -0.2) is 54.2 Å². The Morgan fingerprint density at radius 3 is 2.39 bits per heavy atom. The largest absolute Gasteiger partial charge is 0.452 e. The molecule has 166 valence electrons. The minimum absolute atomic E-state index is 0.0100. The molecule has 1 N–H and O–H groups in total. The third-order valence-electron chi connectivity index (χ3n) is 4.55. The lowest BCUT2D eigenvalue weighted by Crippen LogP contribution is -2.31. The van der Waals surface area contributed by atoms with Gasteiger partial charge in [-0.3, -0.25) is 20.2 Å². The molecule has 2 aromatic rings. The number of amides is 1. The lowest BCUT2D eigenvalue weighted by Gasteiger charge is -2.19. The maximum absolute atomic E-state index is 12.8. The number of aromatic nitrogens is 1. The van der Waals surface area contributed by atoms with Gasteiger partial charge in [0.15, 0.2) is 11.7 Å². The van der Waals surface area contributed by atoms with Crippen LogP contribution in [0.5, 0.6) is 0 Å². The summed E-state index contributed by atoms with van der Waals surface area (Å²) >= 11 is 0.673. The van der Waals surface area contributed by atoms with Crippen LogP contribution in [0.15, 0.2) is 35.4 Å². The summed E-state index contributed by atoms with van der Waals surface area (Å²) in [6, 6.07) is 5.33. The Labute approximate surface area is 182 Å². The third-order valence-corrected chi connectivity index (χ3v) is 7.32. The molecule has 0 saturated carbocycles. The number of rotatable bonds is 7. The van der Waals surface area contributed by atoms with Crippen molar-refractivity contribution >= 4 is 43.4 Å². The van der Waals surface area contributed by atoms with Crippen LogP contribution in [0.3, 0.4) is 0 Å². The van der Waals surface area contributed by atoms with Gasteiger partial charge in [-0.25, -0.2) is 18.2 Å². The molecule has 31 heavy (non-hydrogen) atoms. The molecule has 0 spiro atoms. The first-order chi connectivity index (χ1) is 14.8. The predicted molar refractivity (Wildman–Crippen MR) is 111 cm³/mol. The Bertz CT molecular complexity index is 1060. The highest BCUT2D eigenvalue weighted by Crippen LogP contribution is 2.25. The summed E-state index contributed by atoms with van der Waals surface area (Å²) in [6.45, 7) is 0.326. The number of benzene rings is 1. The van der Waals surface area contributed by atoms with E-state index in [9.17, 15) is 28.1 Å². The zero-order chi connectivity index (χ0) is 22.4. The van der Waals surface area contributed by atoms with E-state index in [1.54, 1.807) is 0 Å². The van der Waals surface area contributed by atoms with E-state index in [4.69, 9.17) is 4.74 Å². The van der Waals surface area contributed by atoms with Crippen molar-refractivity contribution in [2.75, 3.05) is 25.0 Å². The van der Waals surface area contributed by atoms with E-state index in [-0.39, 0.29) is 20.6 Å². The minimum Gasteiger partial charge on any atom is -0.452 e. The Morgan fingerprint density at radius 1 is 1.16 bits per heavy atom. The number of carbonyl (C=O) groups excluding carboxylic acids is 2. The number of carbonyl (C=O) groups is 2. The Morgan fingerprint density at radius 2 is 1.81 bits per heavy atom. The van der Waals surface area contributed by atoms with Crippen molar-refractivity contribution in [2.24, 2.45) is 0 Å². The Hall–Kier alpha value is -2.90. The van der Waals surface area contributed by atoms with Gasteiger partial charge in [0.1, 0.15) is 6.20 Å². The Kier molecular flexibility index (Phi) is 7.30. The van der Waals surface area contributed by atoms with Crippen LogP contribution < -0.4 is 5.32 Å².